The second-order valence-electron chi connectivity index (χ2n) is 1.69. The fraction of sp³-hybridized carbons (Fsp3) is 0.286. The molecule has 0 spiro atoms. The van der Waals surface area contributed by atoms with Crippen LogP contribution in [0.5, 0.6) is 0 Å². The number of ether oxygens (including phenoxy) is 1. The number of carbonyl (C=O) groups excluding carboxylic acids is 1. The van der Waals surface area contributed by atoms with Gasteiger partial charge in [-0.25, -0.2) is 4.79 Å². The average molecular weight is 141 g/mol. The zero-order valence-electron chi connectivity index (χ0n) is 5.96. The highest BCUT2D eigenvalue weighted by Crippen LogP contribution is 1.94. The molecule has 2 N–H and O–H groups in total. The highest BCUT2D eigenvalue weighted by atomic mass is 16.5. The number of rotatable bonds is 3. The minimum absolute atomic E-state index is 0.345. The summed E-state index contributed by atoms with van der Waals surface area (Å²) in [5.74, 6) is -0.402. The molecule has 0 unspecified atom stereocenters. The Bertz CT molecular complexity index is 161. The van der Waals surface area contributed by atoms with Crippen LogP contribution in [0.3, 0.4) is 0 Å². The third-order valence-corrected chi connectivity index (χ3v) is 0.936. The Labute approximate surface area is 60.2 Å². The number of nitrogens with two attached hydrogens (primary N) is 1. The van der Waals surface area contributed by atoms with Gasteiger partial charge in [-0.2, -0.15) is 0 Å². The molecule has 3 heteroatoms. The lowest BCUT2D eigenvalue weighted by atomic mass is 10.3. The molecule has 0 aliphatic rings. The summed E-state index contributed by atoms with van der Waals surface area (Å²) >= 11 is 0. The summed E-state index contributed by atoms with van der Waals surface area (Å²) in [7, 11) is 0. The number of esters is 1. The van der Waals surface area contributed by atoms with Gasteiger partial charge in [0.15, 0.2) is 0 Å². The molecule has 0 rings (SSSR count). The van der Waals surface area contributed by atoms with Gasteiger partial charge in [0.25, 0.3) is 0 Å². The standard InChI is InChI=1S/C7H11NO2/c1-3-10-7(9)6(2)4-5-8/h3-4H,1,5,8H2,2H3. The van der Waals surface area contributed by atoms with E-state index in [1.165, 1.54) is 0 Å². The van der Waals surface area contributed by atoms with E-state index in [0.29, 0.717) is 12.1 Å². The Morgan fingerprint density at radius 2 is 2.40 bits per heavy atom. The van der Waals surface area contributed by atoms with Gasteiger partial charge >= 0.3 is 5.97 Å². The third-order valence-electron chi connectivity index (χ3n) is 0.936. The zero-order chi connectivity index (χ0) is 7.98. The molecule has 0 aliphatic carbocycles. The summed E-state index contributed by atoms with van der Waals surface area (Å²) in [6, 6.07) is 0. The Balaban J connectivity index is 3.93. The lowest BCUT2D eigenvalue weighted by Gasteiger charge is -1.96. The smallest absolute Gasteiger partial charge is 0.338 e. The van der Waals surface area contributed by atoms with E-state index in [1.807, 2.05) is 0 Å². The van der Waals surface area contributed by atoms with Crippen molar-refractivity contribution in [3.63, 3.8) is 0 Å². The normalized spacial score (nSPS) is 10.8. The van der Waals surface area contributed by atoms with Gasteiger partial charge in [0.2, 0.25) is 0 Å². The van der Waals surface area contributed by atoms with E-state index in [2.05, 4.69) is 11.3 Å². The molecule has 10 heavy (non-hydrogen) atoms. The molecular weight excluding hydrogens is 130 g/mol. The van der Waals surface area contributed by atoms with Crippen LogP contribution in [0.2, 0.25) is 0 Å². The van der Waals surface area contributed by atoms with E-state index in [1.54, 1.807) is 13.0 Å². The van der Waals surface area contributed by atoms with Crippen LogP contribution in [0.15, 0.2) is 24.5 Å². The lowest BCUT2D eigenvalue weighted by molar-refractivity contribution is -0.133. The first kappa shape index (κ1) is 8.91. The summed E-state index contributed by atoms with van der Waals surface area (Å²) in [6.45, 7) is 5.22. The number of hydrogen-bond acceptors (Lipinski definition) is 3. The molecule has 0 aromatic carbocycles. The molecule has 0 saturated heterocycles. The van der Waals surface area contributed by atoms with Crippen molar-refractivity contribution in [1.82, 2.24) is 0 Å². The predicted molar refractivity (Wildman–Crippen MR) is 39.1 cm³/mol. The quantitative estimate of drug-likeness (QED) is 0.355. The summed E-state index contributed by atoms with van der Waals surface area (Å²) < 4.78 is 4.46. The maximum atomic E-state index is 10.7. The monoisotopic (exact) mass is 141 g/mol. The van der Waals surface area contributed by atoms with Gasteiger partial charge in [0.05, 0.1) is 6.26 Å². The van der Waals surface area contributed by atoms with Crippen molar-refractivity contribution in [2.75, 3.05) is 6.54 Å². The van der Waals surface area contributed by atoms with Gasteiger partial charge in [0, 0.05) is 12.1 Å². The van der Waals surface area contributed by atoms with Crippen LogP contribution in [-0.4, -0.2) is 12.5 Å². The maximum absolute atomic E-state index is 10.7. The minimum atomic E-state index is -0.402. The Morgan fingerprint density at radius 1 is 1.80 bits per heavy atom. The van der Waals surface area contributed by atoms with Crippen molar-refractivity contribution in [1.29, 1.82) is 0 Å². The molecule has 0 radical (unpaired) electrons. The van der Waals surface area contributed by atoms with Crippen molar-refractivity contribution in [2.24, 2.45) is 5.73 Å². The van der Waals surface area contributed by atoms with Gasteiger partial charge in [-0.3, -0.25) is 0 Å². The van der Waals surface area contributed by atoms with Gasteiger partial charge in [0.1, 0.15) is 0 Å². The lowest BCUT2D eigenvalue weighted by Crippen LogP contribution is -2.04. The van der Waals surface area contributed by atoms with Crippen molar-refractivity contribution < 1.29 is 9.53 Å². The van der Waals surface area contributed by atoms with Crippen LogP contribution in [0.4, 0.5) is 0 Å². The van der Waals surface area contributed by atoms with Gasteiger partial charge in [-0.05, 0) is 6.92 Å². The molecule has 0 aromatic heterocycles. The SMILES string of the molecule is C=COC(=O)C(C)=CCN. The van der Waals surface area contributed by atoms with E-state index in [0.717, 1.165) is 6.26 Å². The minimum Gasteiger partial charge on any atom is -0.432 e. The largest absolute Gasteiger partial charge is 0.432 e. The molecule has 0 aliphatic heterocycles. The molecular formula is C7H11NO2. The summed E-state index contributed by atoms with van der Waals surface area (Å²) in [5, 5.41) is 0. The first-order valence-electron chi connectivity index (χ1n) is 2.91. The third kappa shape index (κ3) is 3.04. The van der Waals surface area contributed by atoms with E-state index in [-0.39, 0.29) is 0 Å². The maximum Gasteiger partial charge on any atom is 0.338 e. The summed E-state index contributed by atoms with van der Waals surface area (Å²) in [4.78, 5) is 10.7. The molecule has 0 fully saturated rings. The van der Waals surface area contributed by atoms with Crippen molar-refractivity contribution >= 4 is 5.97 Å². The highest BCUT2D eigenvalue weighted by Gasteiger charge is 2.00. The highest BCUT2D eigenvalue weighted by molar-refractivity contribution is 5.88. The first-order chi connectivity index (χ1) is 4.72. The number of carbonyl (C=O) groups is 1. The van der Waals surface area contributed by atoms with Crippen LogP contribution in [0.1, 0.15) is 6.92 Å². The zero-order valence-corrected chi connectivity index (χ0v) is 5.96. The second kappa shape index (κ2) is 4.76. The molecule has 3 nitrogen and oxygen atoms in total. The average Bonchev–Trinajstić information content (AvgIpc) is 1.89. The first-order valence-corrected chi connectivity index (χ1v) is 2.91. The molecule has 0 aromatic rings. The van der Waals surface area contributed by atoms with Crippen LogP contribution in [-0.2, 0) is 9.53 Å². The van der Waals surface area contributed by atoms with Crippen LogP contribution < -0.4 is 5.73 Å². The Hall–Kier alpha value is -1.09. The van der Waals surface area contributed by atoms with Gasteiger partial charge in [-0.1, -0.05) is 12.7 Å². The molecule has 0 amide bonds. The van der Waals surface area contributed by atoms with Crippen molar-refractivity contribution in [2.45, 2.75) is 6.92 Å². The molecule has 0 heterocycles. The number of hydrogen-bond donors (Lipinski definition) is 1. The van der Waals surface area contributed by atoms with E-state index < -0.39 is 5.97 Å². The molecule has 0 saturated carbocycles. The van der Waals surface area contributed by atoms with E-state index >= 15 is 0 Å². The fourth-order valence-electron chi connectivity index (χ4n) is 0.429. The Morgan fingerprint density at radius 3 is 2.80 bits per heavy atom. The molecule has 0 atom stereocenters. The van der Waals surface area contributed by atoms with Gasteiger partial charge < -0.3 is 10.5 Å². The summed E-state index contributed by atoms with van der Waals surface area (Å²) in [6.07, 6.45) is 2.68. The van der Waals surface area contributed by atoms with Crippen LogP contribution >= 0.6 is 0 Å². The van der Waals surface area contributed by atoms with Crippen molar-refractivity contribution in [3.8, 4) is 0 Å². The fourth-order valence-corrected chi connectivity index (χ4v) is 0.429. The predicted octanol–water partition coefficient (Wildman–Crippen LogP) is 0.578. The van der Waals surface area contributed by atoms with E-state index in [9.17, 15) is 4.79 Å². The van der Waals surface area contributed by atoms with Crippen molar-refractivity contribution in [3.05, 3.63) is 24.5 Å². The topological polar surface area (TPSA) is 52.3 Å². The molecule has 56 valence electrons. The molecule has 0 bridgehead atoms. The van der Waals surface area contributed by atoms with E-state index in [4.69, 9.17) is 5.73 Å². The van der Waals surface area contributed by atoms with Crippen LogP contribution in [0, 0.1) is 0 Å². The van der Waals surface area contributed by atoms with Crippen LogP contribution in [0.25, 0.3) is 0 Å². The summed E-state index contributed by atoms with van der Waals surface area (Å²) in [5.41, 5.74) is 5.66. The van der Waals surface area contributed by atoms with Gasteiger partial charge in [-0.15, -0.1) is 0 Å². The second-order valence-corrected chi connectivity index (χ2v) is 1.69. The Kier molecular flexibility index (Phi) is 4.24.